The summed E-state index contributed by atoms with van der Waals surface area (Å²) in [6.45, 7) is 12.5. The number of anilines is 1. The van der Waals surface area contributed by atoms with Crippen LogP contribution in [0.2, 0.25) is 0 Å². The number of halogens is 1. The average molecular weight is 505 g/mol. The van der Waals surface area contributed by atoms with Crippen LogP contribution in [0, 0.1) is 17.1 Å². The molecule has 0 saturated heterocycles. The fourth-order valence-corrected chi connectivity index (χ4v) is 6.56. The monoisotopic (exact) mass is 504 g/mol. The van der Waals surface area contributed by atoms with Gasteiger partial charge in [-0.1, -0.05) is 67.3 Å². The van der Waals surface area contributed by atoms with Gasteiger partial charge >= 0.3 is 0 Å². The zero-order valence-electron chi connectivity index (χ0n) is 21.2. The summed E-state index contributed by atoms with van der Waals surface area (Å²) >= 11 is 1.60. The van der Waals surface area contributed by atoms with Crippen molar-refractivity contribution >= 4 is 38.4 Å². The molecule has 4 heteroatoms. The number of rotatable bonds is 6. The maximum Gasteiger partial charge on any atom is 0.132 e. The highest BCUT2D eigenvalue weighted by atomic mass is 32.1. The highest BCUT2D eigenvalue weighted by Crippen LogP contribution is 2.44. The number of hydrogen-bond donors (Lipinski definition) is 1. The molecule has 3 aromatic carbocycles. The molecule has 0 amide bonds. The van der Waals surface area contributed by atoms with Crippen molar-refractivity contribution in [3.8, 4) is 6.07 Å². The van der Waals surface area contributed by atoms with E-state index in [2.05, 4.69) is 80.9 Å². The van der Waals surface area contributed by atoms with Crippen molar-refractivity contribution in [2.75, 3.05) is 5.32 Å². The molecule has 1 heterocycles. The second-order valence-electron chi connectivity index (χ2n) is 9.87. The molecule has 1 aliphatic carbocycles. The van der Waals surface area contributed by atoms with Gasteiger partial charge in [0.15, 0.2) is 0 Å². The molecule has 0 spiro atoms. The first kappa shape index (κ1) is 24.7. The van der Waals surface area contributed by atoms with Gasteiger partial charge in [-0.3, -0.25) is 0 Å². The van der Waals surface area contributed by atoms with Crippen molar-refractivity contribution in [1.29, 1.82) is 5.26 Å². The summed E-state index contributed by atoms with van der Waals surface area (Å²) in [6.07, 6.45) is 4.81. The van der Waals surface area contributed by atoms with Gasteiger partial charge in [0.1, 0.15) is 16.9 Å². The number of hydrogen-bond acceptors (Lipinski definition) is 3. The molecule has 0 fully saturated rings. The number of nitrogens with one attached hydrogen (secondary N) is 1. The molecular weight excluding hydrogens is 475 g/mol. The standard InChI is InChI=1S/C33H29FN2S/c1-20(2)16-21(3)24-13-12-23-8-7-10-27(29(23)17-24)25-14-15-28-30(19-35)33(37-32(28)18-25)36-22(4)26-9-5-6-11-31(26)34/h5-13,16-17,25,36H,3-4,14-15,18H2,1-2H3. The van der Waals surface area contributed by atoms with Gasteiger partial charge in [0.05, 0.1) is 5.56 Å². The number of benzene rings is 3. The van der Waals surface area contributed by atoms with Gasteiger partial charge in [0.25, 0.3) is 0 Å². The maximum atomic E-state index is 14.3. The molecule has 1 aliphatic rings. The Hall–Kier alpha value is -3.94. The summed E-state index contributed by atoms with van der Waals surface area (Å²) in [6, 6.07) is 22.1. The van der Waals surface area contributed by atoms with Gasteiger partial charge in [0, 0.05) is 16.1 Å². The van der Waals surface area contributed by atoms with Crippen LogP contribution in [0.25, 0.3) is 22.0 Å². The van der Waals surface area contributed by atoms with Gasteiger partial charge < -0.3 is 5.32 Å². The second kappa shape index (κ2) is 10.2. The molecule has 0 bridgehead atoms. The van der Waals surface area contributed by atoms with E-state index in [1.165, 1.54) is 32.9 Å². The van der Waals surface area contributed by atoms with Crippen molar-refractivity contribution in [3.05, 3.63) is 124 Å². The molecule has 0 radical (unpaired) electrons. The second-order valence-corrected chi connectivity index (χ2v) is 11.0. The van der Waals surface area contributed by atoms with Crippen LogP contribution in [-0.4, -0.2) is 0 Å². The van der Waals surface area contributed by atoms with Gasteiger partial charge in [-0.05, 0) is 90.3 Å². The lowest BCUT2D eigenvalue weighted by Crippen LogP contribution is -2.12. The summed E-state index contributed by atoms with van der Waals surface area (Å²) in [5, 5.41) is 16.5. The SMILES string of the molecule is C=C(C=C(C)C)c1ccc2cccc(C3CCc4c(sc(NC(=C)c5ccccc5F)c4C#N)C3)c2c1. The van der Waals surface area contributed by atoms with Crippen LogP contribution in [0.3, 0.4) is 0 Å². The molecule has 1 N–H and O–H groups in total. The fraction of sp³-hybridized carbons (Fsp3) is 0.182. The minimum absolute atomic E-state index is 0.331. The van der Waals surface area contributed by atoms with E-state index in [9.17, 15) is 9.65 Å². The van der Waals surface area contributed by atoms with Crippen LogP contribution in [0.15, 0.2) is 85.5 Å². The van der Waals surface area contributed by atoms with E-state index in [4.69, 9.17) is 0 Å². The lowest BCUT2D eigenvalue weighted by molar-refractivity contribution is 0.596. The Morgan fingerprint density at radius 3 is 2.68 bits per heavy atom. The van der Waals surface area contributed by atoms with Crippen molar-refractivity contribution in [3.63, 3.8) is 0 Å². The topological polar surface area (TPSA) is 35.8 Å². The number of allylic oxidation sites excluding steroid dienone is 3. The number of nitriles is 1. The highest BCUT2D eigenvalue weighted by Gasteiger charge is 2.28. The molecule has 5 rings (SSSR count). The molecule has 4 aromatic rings. The Morgan fingerprint density at radius 2 is 1.92 bits per heavy atom. The van der Waals surface area contributed by atoms with Gasteiger partial charge in [-0.25, -0.2) is 4.39 Å². The van der Waals surface area contributed by atoms with Gasteiger partial charge in [0.2, 0.25) is 0 Å². The summed E-state index contributed by atoms with van der Waals surface area (Å²) in [7, 11) is 0. The molecule has 184 valence electrons. The number of nitrogens with zero attached hydrogens (tertiary/aromatic N) is 1. The molecular formula is C33H29FN2S. The highest BCUT2D eigenvalue weighted by molar-refractivity contribution is 7.16. The summed E-state index contributed by atoms with van der Waals surface area (Å²) in [5.41, 5.74) is 7.38. The van der Waals surface area contributed by atoms with Crippen LogP contribution in [0.4, 0.5) is 9.39 Å². The van der Waals surface area contributed by atoms with Crippen molar-refractivity contribution < 1.29 is 4.39 Å². The Bertz CT molecular complexity index is 1610. The number of fused-ring (bicyclic) bond motifs is 2. The third-order valence-corrected chi connectivity index (χ3v) is 8.20. The molecule has 1 atom stereocenters. The lowest BCUT2D eigenvalue weighted by atomic mass is 9.81. The molecule has 1 aromatic heterocycles. The first-order valence-electron chi connectivity index (χ1n) is 12.5. The van der Waals surface area contributed by atoms with Gasteiger partial charge in [-0.2, -0.15) is 5.26 Å². The van der Waals surface area contributed by atoms with Crippen molar-refractivity contribution in [1.82, 2.24) is 0 Å². The fourth-order valence-electron chi connectivity index (χ4n) is 5.25. The summed E-state index contributed by atoms with van der Waals surface area (Å²) < 4.78 is 14.3. The molecule has 0 aliphatic heterocycles. The minimum atomic E-state index is -0.331. The molecule has 2 nitrogen and oxygen atoms in total. The first-order chi connectivity index (χ1) is 17.9. The normalized spacial score (nSPS) is 14.5. The minimum Gasteiger partial charge on any atom is -0.346 e. The number of thiophene rings is 1. The van der Waals surface area contributed by atoms with E-state index in [0.717, 1.165) is 41.0 Å². The average Bonchev–Trinajstić information content (AvgIpc) is 3.23. The van der Waals surface area contributed by atoms with E-state index in [1.54, 1.807) is 29.5 Å². The lowest BCUT2D eigenvalue weighted by Gasteiger charge is -2.24. The van der Waals surface area contributed by atoms with E-state index in [0.29, 0.717) is 22.7 Å². The smallest absolute Gasteiger partial charge is 0.132 e. The van der Waals surface area contributed by atoms with E-state index in [-0.39, 0.29) is 5.82 Å². The maximum absolute atomic E-state index is 14.3. The first-order valence-corrected chi connectivity index (χ1v) is 13.3. The summed E-state index contributed by atoms with van der Waals surface area (Å²) in [5.74, 6) is 0.0264. The predicted octanol–water partition coefficient (Wildman–Crippen LogP) is 9.25. The van der Waals surface area contributed by atoms with Crippen molar-refractivity contribution in [2.45, 2.75) is 39.0 Å². The van der Waals surface area contributed by atoms with Crippen LogP contribution >= 0.6 is 11.3 Å². The Labute approximate surface area is 222 Å². The van der Waals surface area contributed by atoms with E-state index < -0.39 is 0 Å². The van der Waals surface area contributed by atoms with E-state index in [1.807, 2.05) is 0 Å². The van der Waals surface area contributed by atoms with Gasteiger partial charge in [-0.15, -0.1) is 11.3 Å². The molecule has 1 unspecified atom stereocenters. The third kappa shape index (κ3) is 4.88. The third-order valence-electron chi connectivity index (χ3n) is 7.03. The van der Waals surface area contributed by atoms with Crippen LogP contribution in [0.5, 0.6) is 0 Å². The zero-order chi connectivity index (χ0) is 26.1. The molecule has 0 saturated carbocycles. The largest absolute Gasteiger partial charge is 0.346 e. The van der Waals surface area contributed by atoms with Crippen LogP contribution < -0.4 is 5.32 Å². The Balaban J connectivity index is 1.46. The Morgan fingerprint density at radius 1 is 1.11 bits per heavy atom. The van der Waals surface area contributed by atoms with Crippen LogP contribution in [-0.2, 0) is 12.8 Å². The summed E-state index contributed by atoms with van der Waals surface area (Å²) in [4.78, 5) is 1.22. The Kier molecular flexibility index (Phi) is 6.82. The van der Waals surface area contributed by atoms with E-state index >= 15 is 0 Å². The van der Waals surface area contributed by atoms with Crippen LogP contribution in [0.1, 0.15) is 58.9 Å². The zero-order valence-corrected chi connectivity index (χ0v) is 22.0. The predicted molar refractivity (Wildman–Crippen MR) is 155 cm³/mol. The quantitative estimate of drug-likeness (QED) is 0.266. The van der Waals surface area contributed by atoms with Crippen molar-refractivity contribution in [2.24, 2.45) is 0 Å². The molecule has 37 heavy (non-hydrogen) atoms.